The van der Waals surface area contributed by atoms with Crippen molar-refractivity contribution in [1.82, 2.24) is 9.88 Å². The highest BCUT2D eigenvalue weighted by Crippen LogP contribution is 2.29. The molecule has 1 heterocycles. The third kappa shape index (κ3) is 5.82. The molecule has 0 saturated heterocycles. The van der Waals surface area contributed by atoms with Gasteiger partial charge in [0.2, 0.25) is 0 Å². The zero-order valence-electron chi connectivity index (χ0n) is 15.5. The predicted molar refractivity (Wildman–Crippen MR) is 102 cm³/mol. The molecule has 3 rings (SSSR count). The number of hydrogen-bond donors (Lipinski definition) is 0. The van der Waals surface area contributed by atoms with Crippen molar-refractivity contribution >= 4 is 0 Å². The van der Waals surface area contributed by atoms with Crippen LogP contribution in [0.25, 0.3) is 0 Å². The van der Waals surface area contributed by atoms with Gasteiger partial charge in [-0.25, -0.2) is 0 Å². The normalized spacial score (nSPS) is 11.6. The maximum atomic E-state index is 12.6. The van der Waals surface area contributed by atoms with Crippen molar-refractivity contribution in [3.63, 3.8) is 0 Å². The van der Waals surface area contributed by atoms with E-state index in [1.54, 1.807) is 6.20 Å². The lowest BCUT2D eigenvalue weighted by atomic mass is 10.1. The maximum absolute atomic E-state index is 12.6. The molecule has 146 valence electrons. The molecule has 0 saturated carbocycles. The van der Waals surface area contributed by atoms with Gasteiger partial charge in [-0.15, -0.1) is 0 Å². The highest BCUT2D eigenvalue weighted by molar-refractivity contribution is 5.28. The van der Waals surface area contributed by atoms with E-state index in [4.69, 9.17) is 4.74 Å². The third-order valence-corrected chi connectivity index (χ3v) is 4.22. The Bertz CT molecular complexity index is 863. The smallest absolute Gasteiger partial charge is 0.416 e. The summed E-state index contributed by atoms with van der Waals surface area (Å²) >= 11 is 0. The van der Waals surface area contributed by atoms with Crippen molar-refractivity contribution in [2.75, 3.05) is 7.05 Å². The van der Waals surface area contributed by atoms with Crippen molar-refractivity contribution in [1.29, 1.82) is 0 Å². The first-order chi connectivity index (χ1) is 13.4. The van der Waals surface area contributed by atoms with Gasteiger partial charge in [-0.3, -0.25) is 9.88 Å². The molecule has 0 fully saturated rings. The Labute approximate surface area is 162 Å². The maximum Gasteiger partial charge on any atom is 0.416 e. The molecule has 0 atom stereocenters. The number of pyridine rings is 1. The molecule has 0 bridgehead atoms. The summed E-state index contributed by atoms with van der Waals surface area (Å²) < 4.78 is 43.6. The fourth-order valence-electron chi connectivity index (χ4n) is 2.81. The molecule has 6 heteroatoms. The van der Waals surface area contributed by atoms with Crippen LogP contribution >= 0.6 is 0 Å². The van der Waals surface area contributed by atoms with Crippen molar-refractivity contribution in [3.05, 3.63) is 95.3 Å². The van der Waals surface area contributed by atoms with Crippen molar-refractivity contribution < 1.29 is 17.9 Å². The molecule has 0 unspecified atom stereocenters. The molecular weight excluding hydrogens is 365 g/mol. The lowest BCUT2D eigenvalue weighted by Crippen LogP contribution is -2.17. The zero-order valence-corrected chi connectivity index (χ0v) is 15.5. The fraction of sp³-hybridized carbons (Fsp3) is 0.227. The zero-order chi connectivity index (χ0) is 20.0. The van der Waals surface area contributed by atoms with Gasteiger partial charge in [-0.2, -0.15) is 13.2 Å². The van der Waals surface area contributed by atoms with Crippen LogP contribution in [0.4, 0.5) is 13.2 Å². The number of halogens is 3. The number of benzene rings is 2. The van der Waals surface area contributed by atoms with Crippen LogP contribution in [0.5, 0.6) is 5.75 Å². The van der Waals surface area contributed by atoms with Gasteiger partial charge in [0.1, 0.15) is 12.4 Å². The summed E-state index contributed by atoms with van der Waals surface area (Å²) in [5.41, 5.74) is 2.17. The molecule has 3 aromatic rings. The first kappa shape index (κ1) is 19.9. The van der Waals surface area contributed by atoms with Gasteiger partial charge in [-0.1, -0.05) is 30.3 Å². The Morgan fingerprint density at radius 1 is 0.857 bits per heavy atom. The molecule has 2 aromatic carbocycles. The summed E-state index contributed by atoms with van der Waals surface area (Å²) in [6.45, 7) is 1.66. The fourth-order valence-corrected chi connectivity index (χ4v) is 2.81. The lowest BCUT2D eigenvalue weighted by molar-refractivity contribution is -0.137. The third-order valence-electron chi connectivity index (χ3n) is 4.22. The van der Waals surface area contributed by atoms with E-state index in [-0.39, 0.29) is 0 Å². The van der Waals surface area contributed by atoms with Gasteiger partial charge in [0.25, 0.3) is 0 Å². The Balaban J connectivity index is 1.50. The van der Waals surface area contributed by atoms with Crippen LogP contribution in [-0.2, 0) is 25.9 Å². The molecule has 0 N–H and O–H groups in total. The molecule has 0 amide bonds. The summed E-state index contributed by atoms with van der Waals surface area (Å²) in [4.78, 5) is 6.26. The lowest BCUT2D eigenvalue weighted by Gasteiger charge is -2.17. The summed E-state index contributed by atoms with van der Waals surface area (Å²) in [6, 6.07) is 18.8. The minimum Gasteiger partial charge on any atom is -0.487 e. The van der Waals surface area contributed by atoms with Crippen LogP contribution in [0.1, 0.15) is 22.4 Å². The van der Waals surface area contributed by atoms with E-state index >= 15 is 0 Å². The van der Waals surface area contributed by atoms with Crippen molar-refractivity contribution in [2.45, 2.75) is 25.9 Å². The number of ether oxygens (including phenoxy) is 1. The quantitative estimate of drug-likeness (QED) is 0.550. The Morgan fingerprint density at radius 2 is 1.46 bits per heavy atom. The van der Waals surface area contributed by atoms with Crippen molar-refractivity contribution in [2.24, 2.45) is 0 Å². The van der Waals surface area contributed by atoms with Gasteiger partial charge in [0.05, 0.1) is 11.3 Å². The molecular formula is C22H21F3N2O. The van der Waals surface area contributed by atoms with E-state index < -0.39 is 11.7 Å². The van der Waals surface area contributed by atoms with Crippen LogP contribution in [0.15, 0.2) is 72.9 Å². The molecule has 1 aromatic heterocycles. The topological polar surface area (TPSA) is 25.4 Å². The van der Waals surface area contributed by atoms with Gasteiger partial charge >= 0.3 is 6.18 Å². The minimum absolute atomic E-state index is 0.411. The molecule has 28 heavy (non-hydrogen) atoms. The first-order valence-corrected chi connectivity index (χ1v) is 8.86. The van der Waals surface area contributed by atoms with E-state index in [9.17, 15) is 13.2 Å². The number of aromatic nitrogens is 1. The number of alkyl halides is 3. The van der Waals surface area contributed by atoms with Gasteiger partial charge in [0, 0.05) is 19.3 Å². The molecule has 0 radical (unpaired) electrons. The van der Waals surface area contributed by atoms with Crippen LogP contribution in [0.2, 0.25) is 0 Å². The summed E-state index contributed by atoms with van der Waals surface area (Å²) in [5.74, 6) is 0.764. The Hall–Kier alpha value is -2.86. The van der Waals surface area contributed by atoms with E-state index in [0.29, 0.717) is 19.7 Å². The summed E-state index contributed by atoms with van der Waals surface area (Å²) in [7, 11) is 1.93. The average molecular weight is 386 g/mol. The van der Waals surface area contributed by atoms with E-state index in [1.165, 1.54) is 12.1 Å². The minimum atomic E-state index is -4.30. The predicted octanol–water partition coefficient (Wildman–Crippen LogP) is 5.31. The van der Waals surface area contributed by atoms with Gasteiger partial charge in [-0.05, 0) is 54.6 Å². The van der Waals surface area contributed by atoms with Gasteiger partial charge < -0.3 is 4.74 Å². The second kappa shape index (κ2) is 8.89. The Kier molecular flexibility index (Phi) is 6.31. The highest BCUT2D eigenvalue weighted by Gasteiger charge is 2.29. The summed E-state index contributed by atoms with van der Waals surface area (Å²) in [5, 5.41) is 0. The molecule has 3 nitrogen and oxygen atoms in total. The molecule has 0 spiro atoms. The number of hydrogen-bond acceptors (Lipinski definition) is 3. The van der Waals surface area contributed by atoms with Gasteiger partial charge in [0.15, 0.2) is 0 Å². The monoisotopic (exact) mass is 386 g/mol. The highest BCUT2D eigenvalue weighted by atomic mass is 19.4. The molecule has 0 aliphatic carbocycles. The van der Waals surface area contributed by atoms with Crippen LogP contribution in [-0.4, -0.2) is 16.9 Å². The van der Waals surface area contributed by atoms with Crippen LogP contribution in [0.3, 0.4) is 0 Å². The standard InChI is InChI=1S/C22H21F3N2O/c1-27(14-17-5-9-19(10-6-17)22(23,24)25)15-18-7-11-21(12-8-18)28-16-20-4-2-3-13-26-20/h2-13H,14-16H2,1H3. The Morgan fingerprint density at radius 3 is 2.00 bits per heavy atom. The second-order valence-electron chi connectivity index (χ2n) is 6.62. The van der Waals surface area contributed by atoms with Crippen molar-refractivity contribution in [3.8, 4) is 5.75 Å². The summed E-state index contributed by atoms with van der Waals surface area (Å²) in [6.07, 6.45) is -2.57. The molecule has 0 aliphatic heterocycles. The second-order valence-corrected chi connectivity index (χ2v) is 6.62. The van der Waals surface area contributed by atoms with Crippen LogP contribution < -0.4 is 4.74 Å². The SMILES string of the molecule is CN(Cc1ccc(OCc2ccccn2)cc1)Cc1ccc(C(F)(F)F)cc1. The largest absolute Gasteiger partial charge is 0.487 e. The number of rotatable bonds is 7. The van der Waals surface area contributed by atoms with E-state index in [2.05, 4.69) is 4.98 Å². The van der Waals surface area contributed by atoms with E-state index in [1.807, 2.05) is 54.4 Å². The van der Waals surface area contributed by atoms with E-state index in [0.717, 1.165) is 34.7 Å². The first-order valence-electron chi connectivity index (χ1n) is 8.86. The molecule has 0 aliphatic rings. The van der Waals surface area contributed by atoms with Crippen LogP contribution in [0, 0.1) is 0 Å². The average Bonchev–Trinajstić information content (AvgIpc) is 2.68. The number of nitrogens with zero attached hydrogens (tertiary/aromatic N) is 2.